The van der Waals surface area contributed by atoms with E-state index in [2.05, 4.69) is 34.2 Å². The van der Waals surface area contributed by atoms with E-state index in [0.29, 0.717) is 11.5 Å². The van der Waals surface area contributed by atoms with E-state index in [1.54, 1.807) is 0 Å². The molecular weight excluding hydrogens is 572 g/mol. The molecule has 4 aromatic carbocycles. The predicted octanol–water partition coefficient (Wildman–Crippen LogP) is 8.24. The highest BCUT2D eigenvalue weighted by molar-refractivity contribution is 5.86. The Bertz CT molecular complexity index is 1900. The van der Waals surface area contributed by atoms with Crippen molar-refractivity contribution in [3.63, 3.8) is 0 Å². The van der Waals surface area contributed by atoms with Crippen LogP contribution in [0.2, 0.25) is 0 Å². The number of fused-ring (bicyclic) bond motifs is 3. The third-order valence-electron chi connectivity index (χ3n) is 7.83. The molecule has 0 fully saturated rings. The molecule has 0 aliphatic heterocycles. The van der Waals surface area contributed by atoms with Crippen LogP contribution in [-0.2, 0) is 5.41 Å². The van der Waals surface area contributed by atoms with E-state index in [1.807, 2.05) is 72.8 Å². The molecule has 10 heteroatoms. The zero-order valence-corrected chi connectivity index (χ0v) is 23.4. The Balaban J connectivity index is 1.28. The first-order valence-corrected chi connectivity index (χ1v) is 13.9. The molecule has 0 saturated heterocycles. The molecule has 2 aromatic heterocycles. The predicted molar refractivity (Wildman–Crippen MR) is 166 cm³/mol. The Kier molecular flexibility index (Phi) is 6.71. The minimum absolute atomic E-state index is 0.112. The summed E-state index contributed by atoms with van der Waals surface area (Å²) < 4.78 is 11.8. The van der Waals surface area contributed by atoms with Crippen molar-refractivity contribution in [1.29, 1.82) is 0 Å². The van der Waals surface area contributed by atoms with Crippen LogP contribution >= 0.6 is 0 Å². The van der Waals surface area contributed by atoms with Crippen LogP contribution in [0.15, 0.2) is 134 Å². The summed E-state index contributed by atoms with van der Waals surface area (Å²) in [4.78, 5) is 29.1. The summed E-state index contributed by atoms with van der Waals surface area (Å²) in [6.45, 7) is 0. The molecule has 10 nitrogen and oxygen atoms in total. The number of rotatable bonds is 8. The van der Waals surface area contributed by atoms with Gasteiger partial charge in [-0.05, 0) is 57.6 Å². The number of hydrogen-bond acceptors (Lipinski definition) is 8. The Morgan fingerprint density at radius 2 is 0.911 bits per heavy atom. The third kappa shape index (κ3) is 4.80. The lowest BCUT2D eigenvalue weighted by molar-refractivity contribution is -0.385. The largest absolute Gasteiger partial charge is 0.439 e. The molecule has 45 heavy (non-hydrogen) atoms. The summed E-state index contributed by atoms with van der Waals surface area (Å²) in [6, 6.07) is 37.9. The van der Waals surface area contributed by atoms with Gasteiger partial charge in [0.1, 0.15) is 23.9 Å². The van der Waals surface area contributed by atoms with Crippen molar-refractivity contribution in [2.75, 3.05) is 0 Å². The number of pyridine rings is 2. The molecule has 1 aliphatic rings. The quantitative estimate of drug-likeness (QED) is 0.127. The van der Waals surface area contributed by atoms with E-state index in [-0.39, 0.29) is 23.1 Å². The molecule has 2 heterocycles. The minimum atomic E-state index is -0.665. The molecule has 0 radical (unpaired) electrons. The van der Waals surface area contributed by atoms with Crippen LogP contribution in [-0.4, -0.2) is 19.8 Å². The maximum absolute atomic E-state index is 11.0. The normalized spacial score (nSPS) is 12.5. The van der Waals surface area contributed by atoms with Gasteiger partial charge in [0.2, 0.25) is 11.8 Å². The molecular formula is C35H22N4O6. The fourth-order valence-electron chi connectivity index (χ4n) is 5.89. The van der Waals surface area contributed by atoms with Crippen LogP contribution in [0, 0.1) is 20.2 Å². The molecule has 0 N–H and O–H groups in total. The highest BCUT2D eigenvalue weighted by Crippen LogP contribution is 2.56. The molecule has 0 amide bonds. The maximum atomic E-state index is 11.0. The van der Waals surface area contributed by atoms with Crippen LogP contribution in [0.3, 0.4) is 0 Å². The van der Waals surface area contributed by atoms with Crippen LogP contribution in [0.4, 0.5) is 11.4 Å². The van der Waals surface area contributed by atoms with Gasteiger partial charge in [-0.25, -0.2) is 9.97 Å². The summed E-state index contributed by atoms with van der Waals surface area (Å²) in [5.41, 5.74) is 5.66. The molecule has 218 valence electrons. The van der Waals surface area contributed by atoms with Gasteiger partial charge in [-0.3, -0.25) is 20.2 Å². The van der Waals surface area contributed by atoms with E-state index in [1.165, 1.54) is 24.3 Å². The number of nitro groups is 2. The van der Waals surface area contributed by atoms with Crippen molar-refractivity contribution in [2.45, 2.75) is 5.41 Å². The lowest BCUT2D eigenvalue weighted by Crippen LogP contribution is -2.28. The molecule has 0 bridgehead atoms. The minimum Gasteiger partial charge on any atom is -0.439 e. The van der Waals surface area contributed by atoms with Crippen molar-refractivity contribution in [1.82, 2.24) is 9.97 Å². The Morgan fingerprint density at radius 3 is 1.27 bits per heavy atom. The molecule has 0 spiro atoms. The van der Waals surface area contributed by atoms with E-state index >= 15 is 0 Å². The lowest BCUT2D eigenvalue weighted by Gasteiger charge is -2.34. The van der Waals surface area contributed by atoms with Crippen molar-refractivity contribution in [3.8, 4) is 34.4 Å². The number of hydrogen-bond donors (Lipinski definition) is 0. The van der Waals surface area contributed by atoms with Gasteiger partial charge in [0.15, 0.2) is 0 Å². The molecule has 0 atom stereocenters. The van der Waals surface area contributed by atoms with Gasteiger partial charge in [-0.15, -0.1) is 0 Å². The van der Waals surface area contributed by atoms with Crippen molar-refractivity contribution < 1.29 is 19.3 Å². The van der Waals surface area contributed by atoms with E-state index in [0.717, 1.165) is 45.8 Å². The topological polar surface area (TPSA) is 131 Å². The monoisotopic (exact) mass is 594 g/mol. The summed E-state index contributed by atoms with van der Waals surface area (Å²) in [6.07, 6.45) is 2.33. The molecule has 1 aliphatic carbocycles. The second-order valence-corrected chi connectivity index (χ2v) is 10.3. The van der Waals surface area contributed by atoms with Gasteiger partial charge in [-0.1, -0.05) is 72.8 Å². The summed E-state index contributed by atoms with van der Waals surface area (Å²) >= 11 is 0. The molecule has 6 aromatic rings. The Labute approximate surface area is 256 Å². The zero-order valence-electron chi connectivity index (χ0n) is 23.4. The van der Waals surface area contributed by atoms with Crippen LogP contribution in [0.1, 0.15) is 22.3 Å². The van der Waals surface area contributed by atoms with Gasteiger partial charge < -0.3 is 9.47 Å². The highest BCUT2D eigenvalue weighted by atomic mass is 16.6. The number of aromatic nitrogens is 2. The smallest absolute Gasteiger partial charge is 0.287 e. The first kappa shape index (κ1) is 27.4. The van der Waals surface area contributed by atoms with Gasteiger partial charge in [0.05, 0.1) is 15.3 Å². The fraction of sp³-hybridized carbons (Fsp3) is 0.0286. The second kappa shape index (κ2) is 11.0. The molecule has 7 rings (SSSR count). The standard InChI is InChI=1S/C35H22N4O6/c40-38(41)25-13-19-33(36-21-25)44-27-15-9-23(10-16-27)35(31-7-3-1-5-29(31)30-6-2-4-8-32(30)35)24-11-17-28(18-12-24)45-34-20-14-26(22-37-34)39(42)43/h1-22H. The molecule has 0 unspecified atom stereocenters. The van der Waals surface area contributed by atoms with E-state index in [9.17, 15) is 20.2 Å². The maximum Gasteiger partial charge on any atom is 0.287 e. The SMILES string of the molecule is O=[N+]([O-])c1ccc(Oc2ccc(C3(c4ccc(Oc5ccc([N+](=O)[O-])cn5)cc4)c4ccccc4-c4ccccc43)cc2)nc1. The van der Waals surface area contributed by atoms with Gasteiger partial charge in [0.25, 0.3) is 11.4 Å². The van der Waals surface area contributed by atoms with E-state index in [4.69, 9.17) is 9.47 Å². The summed E-state index contributed by atoms with van der Waals surface area (Å²) in [7, 11) is 0. The lowest BCUT2D eigenvalue weighted by atomic mass is 9.68. The Morgan fingerprint density at radius 1 is 0.511 bits per heavy atom. The van der Waals surface area contributed by atoms with Crippen molar-refractivity contribution in [3.05, 3.63) is 176 Å². The highest BCUT2D eigenvalue weighted by Gasteiger charge is 2.45. The molecule has 0 saturated carbocycles. The first-order valence-electron chi connectivity index (χ1n) is 13.9. The zero-order chi connectivity index (χ0) is 31.0. The van der Waals surface area contributed by atoms with Crippen LogP contribution in [0.5, 0.6) is 23.3 Å². The van der Waals surface area contributed by atoms with E-state index < -0.39 is 15.3 Å². The van der Waals surface area contributed by atoms with Crippen molar-refractivity contribution >= 4 is 11.4 Å². The number of benzene rings is 4. The van der Waals surface area contributed by atoms with Gasteiger partial charge in [0, 0.05) is 24.3 Å². The van der Waals surface area contributed by atoms with Crippen LogP contribution < -0.4 is 9.47 Å². The summed E-state index contributed by atoms with van der Waals surface area (Å²) in [5.74, 6) is 1.57. The van der Waals surface area contributed by atoms with Crippen molar-refractivity contribution in [2.24, 2.45) is 0 Å². The van der Waals surface area contributed by atoms with Crippen LogP contribution in [0.25, 0.3) is 11.1 Å². The number of nitrogens with zero attached hydrogens (tertiary/aromatic N) is 4. The average molecular weight is 595 g/mol. The fourth-order valence-corrected chi connectivity index (χ4v) is 5.89. The second-order valence-electron chi connectivity index (χ2n) is 10.3. The van der Waals surface area contributed by atoms with Gasteiger partial charge in [-0.2, -0.15) is 0 Å². The first-order chi connectivity index (χ1) is 21.9. The summed E-state index contributed by atoms with van der Waals surface area (Å²) in [5, 5.41) is 22.0. The average Bonchev–Trinajstić information content (AvgIpc) is 3.37. The number of ether oxygens (including phenoxy) is 2. The third-order valence-corrected chi connectivity index (χ3v) is 7.83. The Hall–Kier alpha value is -6.42. The van der Waals surface area contributed by atoms with Gasteiger partial charge >= 0.3 is 0 Å².